The number of carbonyl (C=O) groups is 2. The highest BCUT2D eigenvalue weighted by atomic mass is 32.1. The van der Waals surface area contributed by atoms with Crippen LogP contribution in [0.15, 0.2) is 48.8 Å². The molecule has 0 aliphatic carbocycles. The Bertz CT molecular complexity index is 954. The fraction of sp³-hybridized carbons (Fsp3) is 0.250. The third-order valence-electron chi connectivity index (χ3n) is 4.60. The number of aryl methyl sites for hydroxylation is 1. The predicted molar refractivity (Wildman–Crippen MR) is 98.0 cm³/mol. The highest BCUT2D eigenvalue weighted by molar-refractivity contribution is 7.15. The van der Waals surface area contributed by atoms with Crippen LogP contribution in [0, 0.1) is 6.92 Å². The molecule has 1 aliphatic heterocycles. The summed E-state index contributed by atoms with van der Waals surface area (Å²) >= 11 is 1.56. The molecule has 5 heteroatoms. The molecule has 1 aromatic carbocycles. The molecule has 0 spiro atoms. The molecule has 0 saturated heterocycles. The first-order valence-corrected chi connectivity index (χ1v) is 9.18. The van der Waals surface area contributed by atoms with E-state index < -0.39 is 0 Å². The average molecular weight is 350 g/mol. The van der Waals surface area contributed by atoms with Crippen molar-refractivity contribution in [2.24, 2.45) is 0 Å². The zero-order chi connectivity index (χ0) is 17.4. The molecule has 25 heavy (non-hydrogen) atoms. The van der Waals surface area contributed by atoms with Crippen molar-refractivity contribution in [3.63, 3.8) is 0 Å². The van der Waals surface area contributed by atoms with Crippen molar-refractivity contribution in [2.75, 3.05) is 0 Å². The van der Waals surface area contributed by atoms with E-state index in [9.17, 15) is 9.59 Å². The van der Waals surface area contributed by atoms with Crippen LogP contribution in [0.2, 0.25) is 0 Å². The number of hydrogen-bond acceptors (Lipinski definition) is 4. The number of ketones is 2. The minimum atomic E-state index is -0.256. The first-order chi connectivity index (χ1) is 12.1. The summed E-state index contributed by atoms with van der Waals surface area (Å²) in [6.07, 6.45) is 5.00. The smallest absolute Gasteiger partial charge is 0.179 e. The molecule has 0 N–H and O–H groups in total. The Hall–Kier alpha value is -2.53. The average Bonchev–Trinajstić information content (AvgIpc) is 3.25. The van der Waals surface area contributed by atoms with Crippen molar-refractivity contribution in [2.45, 2.75) is 32.2 Å². The lowest BCUT2D eigenvalue weighted by molar-refractivity contribution is -0.121. The number of Topliss-reactive ketones (excluding diaryl/α,β-unsaturated/α-hetero) is 2. The summed E-state index contributed by atoms with van der Waals surface area (Å²) < 4.78 is 1.82. The van der Waals surface area contributed by atoms with Gasteiger partial charge >= 0.3 is 0 Å². The third-order valence-corrected chi connectivity index (χ3v) is 5.64. The van der Waals surface area contributed by atoms with Crippen molar-refractivity contribution >= 4 is 22.9 Å². The fourth-order valence-electron chi connectivity index (χ4n) is 3.34. The summed E-state index contributed by atoms with van der Waals surface area (Å²) in [4.78, 5) is 30.2. The molecule has 3 heterocycles. The second kappa shape index (κ2) is 6.41. The monoisotopic (exact) mass is 350 g/mol. The van der Waals surface area contributed by atoms with Gasteiger partial charge in [-0.3, -0.25) is 9.59 Å². The van der Waals surface area contributed by atoms with Crippen LogP contribution in [0.5, 0.6) is 0 Å². The van der Waals surface area contributed by atoms with E-state index in [0.717, 1.165) is 15.4 Å². The van der Waals surface area contributed by atoms with Crippen LogP contribution in [0.1, 0.15) is 39.9 Å². The summed E-state index contributed by atoms with van der Waals surface area (Å²) in [6.45, 7) is 2.06. The molecular weight excluding hydrogens is 332 g/mol. The number of benzene rings is 1. The maximum Gasteiger partial charge on any atom is 0.179 e. The number of carbonyl (C=O) groups excluding carboxylic acids is 2. The van der Waals surface area contributed by atoms with E-state index in [4.69, 9.17) is 0 Å². The zero-order valence-corrected chi connectivity index (χ0v) is 14.8. The number of fused-ring (bicyclic) bond motifs is 1. The van der Waals surface area contributed by atoms with Crippen LogP contribution in [0.25, 0.3) is 10.4 Å². The Morgan fingerprint density at radius 1 is 1.32 bits per heavy atom. The molecule has 3 aromatic rings. The van der Waals surface area contributed by atoms with E-state index in [-0.39, 0.29) is 17.6 Å². The van der Waals surface area contributed by atoms with Crippen LogP contribution in [-0.2, 0) is 11.2 Å². The SMILES string of the molecule is Cc1cccc(-c2cnc(CC(=O)C3CCC(=O)c4cccn43)s2)c1. The third kappa shape index (κ3) is 3.07. The summed E-state index contributed by atoms with van der Waals surface area (Å²) in [6, 6.07) is 11.6. The molecule has 1 aliphatic rings. The fourth-order valence-corrected chi connectivity index (χ4v) is 4.27. The van der Waals surface area contributed by atoms with E-state index in [1.807, 2.05) is 29.1 Å². The molecule has 2 aromatic heterocycles. The summed E-state index contributed by atoms with van der Waals surface area (Å²) in [5.74, 6) is 0.236. The van der Waals surface area contributed by atoms with Crippen LogP contribution in [-0.4, -0.2) is 21.1 Å². The van der Waals surface area contributed by atoms with Crippen molar-refractivity contribution in [1.29, 1.82) is 0 Å². The Labute approximate surface area is 150 Å². The molecule has 0 saturated carbocycles. The minimum Gasteiger partial charge on any atom is -0.335 e. The highest BCUT2D eigenvalue weighted by Gasteiger charge is 2.29. The lowest BCUT2D eigenvalue weighted by atomic mass is 9.97. The standard InChI is InChI=1S/C20H18N2O2S/c1-13-4-2-5-14(10-13)19-12-21-20(25-19)11-18(24)16-7-8-17(23)15-6-3-9-22(15)16/h2-6,9-10,12,16H,7-8,11H2,1H3. The second-order valence-electron chi connectivity index (χ2n) is 6.41. The van der Waals surface area contributed by atoms with E-state index >= 15 is 0 Å². The van der Waals surface area contributed by atoms with Gasteiger partial charge in [0.1, 0.15) is 5.01 Å². The van der Waals surface area contributed by atoms with Gasteiger partial charge in [0.05, 0.1) is 23.0 Å². The first kappa shape index (κ1) is 16.0. The first-order valence-electron chi connectivity index (χ1n) is 8.36. The lowest BCUT2D eigenvalue weighted by Crippen LogP contribution is -2.28. The molecule has 0 amide bonds. The predicted octanol–water partition coefficient (Wildman–Crippen LogP) is 4.25. The molecule has 0 fully saturated rings. The van der Waals surface area contributed by atoms with Crippen molar-refractivity contribution < 1.29 is 9.59 Å². The van der Waals surface area contributed by atoms with Gasteiger partial charge < -0.3 is 4.57 Å². The number of thiazole rings is 1. The van der Waals surface area contributed by atoms with E-state index in [0.29, 0.717) is 25.0 Å². The van der Waals surface area contributed by atoms with Gasteiger partial charge in [-0.15, -0.1) is 11.3 Å². The normalized spacial score (nSPS) is 16.7. The lowest BCUT2D eigenvalue weighted by Gasteiger charge is -2.24. The van der Waals surface area contributed by atoms with Crippen LogP contribution < -0.4 is 0 Å². The Morgan fingerprint density at radius 3 is 3.04 bits per heavy atom. The summed E-state index contributed by atoms with van der Waals surface area (Å²) in [5.41, 5.74) is 2.98. The number of rotatable bonds is 4. The molecular formula is C20H18N2O2S. The number of hydrogen-bond donors (Lipinski definition) is 0. The highest BCUT2D eigenvalue weighted by Crippen LogP contribution is 2.30. The molecule has 1 atom stereocenters. The van der Waals surface area contributed by atoms with Crippen molar-refractivity contribution in [1.82, 2.24) is 9.55 Å². The minimum absolute atomic E-state index is 0.116. The van der Waals surface area contributed by atoms with Gasteiger partial charge in [0, 0.05) is 18.8 Å². The van der Waals surface area contributed by atoms with Crippen LogP contribution in [0.3, 0.4) is 0 Å². The summed E-state index contributed by atoms with van der Waals surface area (Å²) in [7, 11) is 0. The molecule has 4 nitrogen and oxygen atoms in total. The number of aromatic nitrogens is 2. The largest absolute Gasteiger partial charge is 0.335 e. The van der Waals surface area contributed by atoms with E-state index in [1.165, 1.54) is 5.56 Å². The van der Waals surface area contributed by atoms with Crippen LogP contribution in [0.4, 0.5) is 0 Å². The Morgan fingerprint density at radius 2 is 2.20 bits per heavy atom. The van der Waals surface area contributed by atoms with Gasteiger partial charge in [-0.2, -0.15) is 0 Å². The molecule has 4 rings (SSSR count). The van der Waals surface area contributed by atoms with Crippen molar-refractivity contribution in [3.8, 4) is 10.4 Å². The van der Waals surface area contributed by atoms with Gasteiger partial charge in [-0.25, -0.2) is 4.98 Å². The van der Waals surface area contributed by atoms with Gasteiger partial charge in [0.15, 0.2) is 11.6 Å². The molecule has 0 radical (unpaired) electrons. The Kier molecular flexibility index (Phi) is 4.09. The maximum absolute atomic E-state index is 12.8. The zero-order valence-electron chi connectivity index (χ0n) is 13.9. The molecule has 0 bridgehead atoms. The van der Waals surface area contributed by atoms with Crippen LogP contribution >= 0.6 is 11.3 Å². The van der Waals surface area contributed by atoms with Gasteiger partial charge in [0.2, 0.25) is 0 Å². The summed E-state index contributed by atoms with van der Waals surface area (Å²) in [5, 5.41) is 0.826. The quantitative estimate of drug-likeness (QED) is 0.707. The molecule has 126 valence electrons. The van der Waals surface area contributed by atoms with Crippen molar-refractivity contribution in [3.05, 3.63) is 65.1 Å². The Balaban J connectivity index is 1.53. The van der Waals surface area contributed by atoms with Gasteiger partial charge in [0.25, 0.3) is 0 Å². The molecule has 1 unspecified atom stereocenters. The van der Waals surface area contributed by atoms with Gasteiger partial charge in [-0.05, 0) is 31.0 Å². The van der Waals surface area contributed by atoms with E-state index in [1.54, 1.807) is 17.4 Å². The topological polar surface area (TPSA) is 52.0 Å². The number of nitrogens with zero attached hydrogens (tertiary/aromatic N) is 2. The van der Waals surface area contributed by atoms with Gasteiger partial charge in [-0.1, -0.05) is 29.8 Å². The second-order valence-corrected chi connectivity index (χ2v) is 7.52. The maximum atomic E-state index is 12.8. The van der Waals surface area contributed by atoms with E-state index in [2.05, 4.69) is 30.1 Å².